The molecule has 0 amide bonds. The maximum atomic E-state index is 4.96. The summed E-state index contributed by atoms with van der Waals surface area (Å²) in [5.41, 5.74) is 1.40. The first-order valence-electron chi connectivity index (χ1n) is 10.9. The zero-order chi connectivity index (χ0) is 19.6. The molecule has 1 aromatic carbocycles. The molecule has 5 nitrogen and oxygen atoms in total. The van der Waals surface area contributed by atoms with E-state index in [4.69, 9.17) is 4.99 Å². The number of likely N-dealkylation sites (tertiary alicyclic amines) is 2. The highest BCUT2D eigenvalue weighted by atomic mass is 15.2. The molecule has 2 aliphatic rings. The third-order valence-electron chi connectivity index (χ3n) is 5.85. The molecule has 154 valence electrons. The van der Waals surface area contributed by atoms with Gasteiger partial charge in [-0.15, -0.1) is 6.58 Å². The summed E-state index contributed by atoms with van der Waals surface area (Å²) in [6.07, 6.45) is 6.86. The van der Waals surface area contributed by atoms with Crippen LogP contribution in [-0.4, -0.2) is 67.1 Å². The lowest BCUT2D eigenvalue weighted by atomic mass is 10.1. The van der Waals surface area contributed by atoms with Gasteiger partial charge in [-0.25, -0.2) is 0 Å². The van der Waals surface area contributed by atoms with Crippen LogP contribution in [0.15, 0.2) is 48.0 Å². The van der Waals surface area contributed by atoms with E-state index in [2.05, 4.69) is 64.3 Å². The van der Waals surface area contributed by atoms with Crippen molar-refractivity contribution in [2.24, 2.45) is 4.99 Å². The third kappa shape index (κ3) is 6.35. The topological polar surface area (TPSA) is 42.9 Å². The van der Waals surface area contributed by atoms with E-state index in [0.29, 0.717) is 12.1 Å². The molecule has 28 heavy (non-hydrogen) atoms. The van der Waals surface area contributed by atoms with Crippen molar-refractivity contribution >= 4 is 5.96 Å². The Morgan fingerprint density at radius 2 is 1.96 bits per heavy atom. The Morgan fingerprint density at radius 1 is 1.18 bits per heavy atom. The zero-order valence-electron chi connectivity index (χ0n) is 17.4. The van der Waals surface area contributed by atoms with E-state index < -0.39 is 0 Å². The van der Waals surface area contributed by atoms with Gasteiger partial charge in [0.25, 0.3) is 0 Å². The first kappa shape index (κ1) is 20.9. The van der Waals surface area contributed by atoms with Crippen LogP contribution in [0.1, 0.15) is 38.2 Å². The van der Waals surface area contributed by atoms with Crippen LogP contribution in [0.25, 0.3) is 0 Å². The number of guanidine groups is 1. The summed E-state index contributed by atoms with van der Waals surface area (Å²) in [7, 11) is 0. The van der Waals surface area contributed by atoms with E-state index in [1.165, 1.54) is 37.8 Å². The predicted molar refractivity (Wildman–Crippen MR) is 119 cm³/mol. The molecule has 0 spiro atoms. The van der Waals surface area contributed by atoms with Crippen LogP contribution < -0.4 is 10.6 Å². The van der Waals surface area contributed by atoms with Gasteiger partial charge in [-0.3, -0.25) is 14.8 Å². The smallest absolute Gasteiger partial charge is 0.191 e. The van der Waals surface area contributed by atoms with Crippen LogP contribution in [-0.2, 0) is 6.54 Å². The molecule has 0 radical (unpaired) electrons. The highest BCUT2D eigenvalue weighted by Gasteiger charge is 2.25. The number of rotatable bonds is 8. The van der Waals surface area contributed by atoms with Crippen molar-refractivity contribution in [3.8, 4) is 0 Å². The first-order chi connectivity index (χ1) is 13.8. The second-order valence-electron chi connectivity index (χ2n) is 7.98. The van der Waals surface area contributed by atoms with Gasteiger partial charge in [-0.1, -0.05) is 36.4 Å². The van der Waals surface area contributed by atoms with E-state index in [1.54, 1.807) is 0 Å². The van der Waals surface area contributed by atoms with Crippen molar-refractivity contribution in [1.29, 1.82) is 0 Å². The molecule has 2 aliphatic heterocycles. The standard InChI is InChI=1S/C23H37N5/c1-3-14-27-16-12-21(13-17-27)26-23(24-4-2)25-18-22-11-8-15-28(22)19-20-9-6-5-7-10-20/h3,5-7,9-10,21-22H,1,4,8,11-19H2,2H3,(H2,24,25,26). The Bertz CT molecular complexity index is 607. The van der Waals surface area contributed by atoms with Gasteiger partial charge in [0.1, 0.15) is 0 Å². The minimum absolute atomic E-state index is 0.517. The van der Waals surface area contributed by atoms with Crippen LogP contribution in [0.5, 0.6) is 0 Å². The molecule has 0 bridgehead atoms. The summed E-state index contributed by atoms with van der Waals surface area (Å²) in [6, 6.07) is 11.9. The fourth-order valence-corrected chi connectivity index (χ4v) is 4.28. The highest BCUT2D eigenvalue weighted by molar-refractivity contribution is 5.80. The molecule has 1 aromatic rings. The average molecular weight is 384 g/mol. The normalized spacial score (nSPS) is 22.3. The van der Waals surface area contributed by atoms with E-state index in [9.17, 15) is 0 Å². The van der Waals surface area contributed by atoms with Gasteiger partial charge in [0.2, 0.25) is 0 Å². The molecule has 0 aromatic heterocycles. The summed E-state index contributed by atoms with van der Waals surface area (Å²) >= 11 is 0. The molecule has 1 unspecified atom stereocenters. The lowest BCUT2D eigenvalue weighted by molar-refractivity contribution is 0.224. The Balaban J connectivity index is 1.51. The monoisotopic (exact) mass is 383 g/mol. The lowest BCUT2D eigenvalue weighted by Gasteiger charge is -2.32. The Morgan fingerprint density at radius 3 is 2.68 bits per heavy atom. The van der Waals surface area contributed by atoms with Crippen molar-refractivity contribution in [1.82, 2.24) is 20.4 Å². The molecule has 3 rings (SSSR count). The first-order valence-corrected chi connectivity index (χ1v) is 10.9. The predicted octanol–water partition coefficient (Wildman–Crippen LogP) is 2.86. The molecular weight excluding hydrogens is 346 g/mol. The summed E-state index contributed by atoms with van der Waals surface area (Å²) in [6.45, 7) is 13.3. The fourth-order valence-electron chi connectivity index (χ4n) is 4.28. The van der Waals surface area contributed by atoms with Gasteiger partial charge in [-0.2, -0.15) is 0 Å². The molecule has 0 saturated carbocycles. The third-order valence-corrected chi connectivity index (χ3v) is 5.85. The molecule has 2 N–H and O–H groups in total. The number of benzene rings is 1. The Hall–Kier alpha value is -1.85. The highest BCUT2D eigenvalue weighted by Crippen LogP contribution is 2.20. The van der Waals surface area contributed by atoms with Crippen LogP contribution >= 0.6 is 0 Å². The SMILES string of the molecule is C=CCN1CCC(NC(=NCC2CCCN2Cc2ccccc2)NCC)CC1. The van der Waals surface area contributed by atoms with Gasteiger partial charge < -0.3 is 10.6 Å². The quantitative estimate of drug-likeness (QED) is 0.412. The summed E-state index contributed by atoms with van der Waals surface area (Å²) in [4.78, 5) is 10.0. The van der Waals surface area contributed by atoms with Crippen molar-refractivity contribution in [3.05, 3.63) is 48.6 Å². The van der Waals surface area contributed by atoms with E-state index in [1.807, 2.05) is 6.08 Å². The Kier molecular flexibility index (Phi) is 8.37. The molecule has 2 saturated heterocycles. The van der Waals surface area contributed by atoms with Crippen LogP contribution in [0, 0.1) is 0 Å². The van der Waals surface area contributed by atoms with Crippen molar-refractivity contribution < 1.29 is 0 Å². The number of piperidine rings is 1. The van der Waals surface area contributed by atoms with Crippen LogP contribution in [0.4, 0.5) is 0 Å². The minimum Gasteiger partial charge on any atom is -0.357 e. The van der Waals surface area contributed by atoms with E-state index >= 15 is 0 Å². The number of nitrogens with one attached hydrogen (secondary N) is 2. The van der Waals surface area contributed by atoms with Crippen molar-refractivity contribution in [2.75, 3.05) is 39.3 Å². The van der Waals surface area contributed by atoms with Crippen molar-refractivity contribution in [2.45, 2.75) is 51.2 Å². The van der Waals surface area contributed by atoms with Crippen molar-refractivity contribution in [3.63, 3.8) is 0 Å². The zero-order valence-corrected chi connectivity index (χ0v) is 17.4. The van der Waals surface area contributed by atoms with E-state index in [-0.39, 0.29) is 0 Å². The maximum absolute atomic E-state index is 4.96. The van der Waals surface area contributed by atoms with Gasteiger partial charge in [0.05, 0.1) is 6.54 Å². The molecule has 2 fully saturated rings. The van der Waals surface area contributed by atoms with Gasteiger partial charge in [-0.05, 0) is 44.7 Å². The molecular formula is C23H37N5. The minimum atomic E-state index is 0.517. The van der Waals surface area contributed by atoms with Crippen LogP contribution in [0.3, 0.4) is 0 Å². The van der Waals surface area contributed by atoms with Gasteiger partial charge >= 0.3 is 0 Å². The molecule has 0 aliphatic carbocycles. The molecule has 1 atom stereocenters. The molecule has 5 heteroatoms. The summed E-state index contributed by atoms with van der Waals surface area (Å²) in [5, 5.41) is 7.12. The van der Waals surface area contributed by atoms with Gasteiger partial charge in [0, 0.05) is 44.8 Å². The average Bonchev–Trinajstić information content (AvgIpc) is 3.16. The maximum Gasteiger partial charge on any atom is 0.191 e. The molecule has 2 heterocycles. The largest absolute Gasteiger partial charge is 0.357 e. The Labute approximate surface area is 170 Å². The second-order valence-corrected chi connectivity index (χ2v) is 7.98. The summed E-state index contributed by atoms with van der Waals surface area (Å²) in [5.74, 6) is 0.983. The lowest BCUT2D eigenvalue weighted by Crippen LogP contribution is -2.49. The van der Waals surface area contributed by atoms with E-state index in [0.717, 1.165) is 45.2 Å². The number of aliphatic imine (C=N–C) groups is 1. The fraction of sp³-hybridized carbons (Fsp3) is 0.609. The van der Waals surface area contributed by atoms with Crippen LogP contribution in [0.2, 0.25) is 0 Å². The van der Waals surface area contributed by atoms with Gasteiger partial charge in [0.15, 0.2) is 5.96 Å². The number of nitrogens with zero attached hydrogens (tertiary/aromatic N) is 3. The second kappa shape index (κ2) is 11.2. The number of hydrogen-bond donors (Lipinski definition) is 2. The summed E-state index contributed by atoms with van der Waals surface area (Å²) < 4.78 is 0. The number of hydrogen-bond acceptors (Lipinski definition) is 3.